The lowest BCUT2D eigenvalue weighted by Gasteiger charge is -2.22. The Morgan fingerprint density at radius 1 is 1.36 bits per heavy atom. The van der Waals surface area contributed by atoms with Gasteiger partial charge in [-0.1, -0.05) is 5.21 Å². The Bertz CT molecular complexity index is 747. The number of piperidine rings is 1. The lowest BCUT2D eigenvalue weighted by Crippen LogP contribution is -2.29. The molecule has 10 heteroatoms. The molecule has 1 aliphatic heterocycles. The second-order valence-electron chi connectivity index (χ2n) is 5.54. The van der Waals surface area contributed by atoms with E-state index in [1.807, 2.05) is 0 Å². The number of carbonyl (C=O) groups is 1. The van der Waals surface area contributed by atoms with Crippen molar-refractivity contribution in [3.05, 3.63) is 35.9 Å². The van der Waals surface area contributed by atoms with Gasteiger partial charge in [0.2, 0.25) is 0 Å². The van der Waals surface area contributed by atoms with Crippen LogP contribution in [0.2, 0.25) is 0 Å². The summed E-state index contributed by atoms with van der Waals surface area (Å²) in [5.41, 5.74) is -0.0472. The molecule has 1 saturated heterocycles. The zero-order valence-electron chi connectivity index (χ0n) is 13.1. The third-order valence-corrected chi connectivity index (χ3v) is 3.83. The van der Waals surface area contributed by atoms with Crippen molar-refractivity contribution in [1.29, 1.82) is 0 Å². The molecule has 0 bridgehead atoms. The molecule has 0 radical (unpaired) electrons. The minimum absolute atomic E-state index is 0.0332. The highest BCUT2D eigenvalue weighted by molar-refractivity contribution is 6.03. The predicted octanol–water partition coefficient (Wildman–Crippen LogP) is 2.20. The molecule has 0 saturated carbocycles. The number of rotatable bonds is 5. The minimum atomic E-state index is -3.14. The molecule has 1 amide bonds. The zero-order chi connectivity index (χ0) is 17.8. The molecular formula is C15H16F3N5O2. The van der Waals surface area contributed by atoms with E-state index in [0.29, 0.717) is 0 Å². The first-order chi connectivity index (χ1) is 12.0. The number of nitrogens with one attached hydrogen (secondary N) is 2. The maximum Gasteiger partial charge on any atom is 0.387 e. The Morgan fingerprint density at radius 2 is 2.12 bits per heavy atom. The summed E-state index contributed by atoms with van der Waals surface area (Å²) in [6, 6.07) is 3.09. The molecule has 3 rings (SSSR count). The molecule has 1 fully saturated rings. The number of anilines is 1. The lowest BCUT2D eigenvalue weighted by molar-refractivity contribution is -0.0495. The molecule has 25 heavy (non-hydrogen) atoms. The standard InChI is InChI=1S/C15H16F3N5O2/c16-9-1-2-11(13(7-9)25-15(17)18)20-14(24)12-8-23(22-21-12)10-3-5-19-6-4-10/h1-2,7-8,10,15,19H,3-6H2,(H,20,24). The molecule has 0 spiro atoms. The van der Waals surface area contributed by atoms with Crippen molar-refractivity contribution >= 4 is 11.6 Å². The monoisotopic (exact) mass is 355 g/mol. The van der Waals surface area contributed by atoms with Crippen molar-refractivity contribution in [2.75, 3.05) is 18.4 Å². The number of benzene rings is 1. The van der Waals surface area contributed by atoms with Crippen LogP contribution in [-0.2, 0) is 0 Å². The van der Waals surface area contributed by atoms with Gasteiger partial charge in [-0.15, -0.1) is 5.10 Å². The molecule has 0 aliphatic carbocycles. The largest absolute Gasteiger partial charge is 0.432 e. The molecule has 2 heterocycles. The third kappa shape index (κ3) is 4.27. The van der Waals surface area contributed by atoms with Gasteiger partial charge in [-0.3, -0.25) is 4.79 Å². The fraction of sp³-hybridized carbons (Fsp3) is 0.400. The van der Waals surface area contributed by atoms with E-state index in [4.69, 9.17) is 0 Å². The van der Waals surface area contributed by atoms with Crippen molar-refractivity contribution in [1.82, 2.24) is 20.3 Å². The van der Waals surface area contributed by atoms with Gasteiger partial charge in [0, 0.05) is 6.07 Å². The smallest absolute Gasteiger partial charge is 0.387 e. The van der Waals surface area contributed by atoms with Gasteiger partial charge in [-0.05, 0) is 38.1 Å². The highest BCUT2D eigenvalue weighted by atomic mass is 19.3. The quantitative estimate of drug-likeness (QED) is 0.859. The third-order valence-electron chi connectivity index (χ3n) is 3.83. The minimum Gasteiger partial charge on any atom is -0.432 e. The van der Waals surface area contributed by atoms with Gasteiger partial charge in [0.25, 0.3) is 5.91 Å². The summed E-state index contributed by atoms with van der Waals surface area (Å²) in [7, 11) is 0. The predicted molar refractivity (Wildman–Crippen MR) is 82.1 cm³/mol. The second-order valence-corrected chi connectivity index (χ2v) is 5.54. The van der Waals surface area contributed by atoms with E-state index in [9.17, 15) is 18.0 Å². The first-order valence-electron chi connectivity index (χ1n) is 7.71. The first kappa shape index (κ1) is 17.2. The molecule has 2 aromatic rings. The van der Waals surface area contributed by atoms with Crippen LogP contribution >= 0.6 is 0 Å². The maximum absolute atomic E-state index is 13.2. The van der Waals surface area contributed by atoms with Gasteiger partial charge in [-0.2, -0.15) is 8.78 Å². The molecule has 7 nitrogen and oxygen atoms in total. The SMILES string of the molecule is O=C(Nc1ccc(F)cc1OC(F)F)c1cn(C2CCNCC2)nn1. The molecule has 2 N–H and O–H groups in total. The number of ether oxygens (including phenoxy) is 1. The van der Waals surface area contributed by atoms with Gasteiger partial charge in [-0.25, -0.2) is 9.07 Å². The average molecular weight is 355 g/mol. The van der Waals surface area contributed by atoms with Crippen LogP contribution in [-0.4, -0.2) is 40.6 Å². The van der Waals surface area contributed by atoms with Crippen LogP contribution in [0.4, 0.5) is 18.9 Å². The van der Waals surface area contributed by atoms with Crippen LogP contribution in [0.3, 0.4) is 0 Å². The first-order valence-corrected chi connectivity index (χ1v) is 7.71. The molecule has 134 valence electrons. The van der Waals surface area contributed by atoms with Crippen LogP contribution in [0.5, 0.6) is 5.75 Å². The number of halogens is 3. The van der Waals surface area contributed by atoms with Crippen molar-refractivity contribution in [2.24, 2.45) is 0 Å². The number of alkyl halides is 2. The van der Waals surface area contributed by atoms with Crippen LogP contribution in [0.1, 0.15) is 29.4 Å². The summed E-state index contributed by atoms with van der Waals surface area (Å²) in [5, 5.41) is 13.4. The van der Waals surface area contributed by atoms with Crippen molar-refractivity contribution in [3.8, 4) is 5.75 Å². The number of hydrogen-bond acceptors (Lipinski definition) is 5. The average Bonchev–Trinajstić information content (AvgIpc) is 3.08. The summed E-state index contributed by atoms with van der Waals surface area (Å²) in [5.74, 6) is -1.87. The number of amides is 1. The molecule has 0 atom stereocenters. The maximum atomic E-state index is 13.2. The lowest BCUT2D eigenvalue weighted by atomic mass is 10.1. The summed E-state index contributed by atoms with van der Waals surface area (Å²) >= 11 is 0. The molecule has 1 aliphatic rings. The van der Waals surface area contributed by atoms with E-state index >= 15 is 0 Å². The van der Waals surface area contributed by atoms with Crippen LogP contribution in [0.15, 0.2) is 24.4 Å². The normalized spacial score (nSPS) is 15.4. The van der Waals surface area contributed by atoms with E-state index in [1.165, 1.54) is 6.20 Å². The van der Waals surface area contributed by atoms with Crippen molar-refractivity contribution < 1.29 is 22.7 Å². The van der Waals surface area contributed by atoms with Gasteiger partial charge >= 0.3 is 6.61 Å². The highest BCUT2D eigenvalue weighted by Crippen LogP contribution is 2.27. The molecule has 1 aromatic heterocycles. The zero-order valence-corrected chi connectivity index (χ0v) is 13.1. The van der Waals surface area contributed by atoms with Gasteiger partial charge in [0.1, 0.15) is 5.82 Å². The number of carbonyl (C=O) groups excluding carboxylic acids is 1. The van der Waals surface area contributed by atoms with E-state index in [-0.39, 0.29) is 17.4 Å². The van der Waals surface area contributed by atoms with Gasteiger partial charge in [0.05, 0.1) is 17.9 Å². The Morgan fingerprint density at radius 3 is 2.84 bits per heavy atom. The number of nitrogens with zero attached hydrogens (tertiary/aromatic N) is 3. The van der Waals surface area contributed by atoms with Crippen LogP contribution < -0.4 is 15.4 Å². The highest BCUT2D eigenvalue weighted by Gasteiger charge is 2.20. The molecular weight excluding hydrogens is 339 g/mol. The summed E-state index contributed by atoms with van der Waals surface area (Å²) < 4.78 is 43.9. The van der Waals surface area contributed by atoms with Crippen LogP contribution in [0, 0.1) is 5.82 Å². The van der Waals surface area contributed by atoms with E-state index in [2.05, 4.69) is 25.7 Å². The topological polar surface area (TPSA) is 81.1 Å². The Balaban J connectivity index is 1.73. The van der Waals surface area contributed by atoms with Gasteiger partial charge < -0.3 is 15.4 Å². The number of aromatic nitrogens is 3. The number of hydrogen-bond donors (Lipinski definition) is 2. The molecule has 0 unspecified atom stereocenters. The Kier molecular flexibility index (Phi) is 5.17. The summed E-state index contributed by atoms with van der Waals surface area (Å²) in [6.07, 6.45) is 3.24. The van der Waals surface area contributed by atoms with E-state index in [0.717, 1.165) is 44.1 Å². The van der Waals surface area contributed by atoms with Crippen molar-refractivity contribution in [2.45, 2.75) is 25.5 Å². The van der Waals surface area contributed by atoms with E-state index < -0.39 is 24.1 Å². The van der Waals surface area contributed by atoms with Crippen LogP contribution in [0.25, 0.3) is 0 Å². The Labute approximate surface area is 141 Å². The summed E-state index contributed by atoms with van der Waals surface area (Å²) in [6.45, 7) is -1.43. The Hall–Kier alpha value is -2.62. The fourth-order valence-corrected chi connectivity index (χ4v) is 2.61. The van der Waals surface area contributed by atoms with Gasteiger partial charge in [0.15, 0.2) is 11.4 Å². The second kappa shape index (κ2) is 7.51. The van der Waals surface area contributed by atoms with Crippen molar-refractivity contribution in [3.63, 3.8) is 0 Å². The summed E-state index contributed by atoms with van der Waals surface area (Å²) in [4.78, 5) is 12.3. The fourth-order valence-electron chi connectivity index (χ4n) is 2.61. The molecule has 1 aromatic carbocycles. The van der Waals surface area contributed by atoms with E-state index in [1.54, 1.807) is 4.68 Å².